The molecule has 1 aromatic heterocycles. The monoisotopic (exact) mass is 315 g/mol. The van der Waals surface area contributed by atoms with Crippen LogP contribution in [0.4, 0.5) is 4.79 Å². The molecule has 0 unspecified atom stereocenters. The van der Waals surface area contributed by atoms with Gasteiger partial charge in [-0.15, -0.1) is 11.3 Å². The van der Waals surface area contributed by atoms with Gasteiger partial charge in [0.25, 0.3) is 0 Å². The maximum absolute atomic E-state index is 12.1. The molecule has 1 aliphatic heterocycles. The van der Waals surface area contributed by atoms with Crippen molar-refractivity contribution in [3.8, 4) is 0 Å². The minimum Gasteiger partial charge on any atom is -0.445 e. The second kappa shape index (κ2) is 6.97. The minimum absolute atomic E-state index is 0.190. The van der Waals surface area contributed by atoms with Gasteiger partial charge in [-0.2, -0.15) is 0 Å². The number of carbonyl (C=O) groups excluding carboxylic acids is 1. The maximum atomic E-state index is 12.1. The molecule has 2 aromatic rings. The number of benzene rings is 1. The molecule has 0 bridgehead atoms. The summed E-state index contributed by atoms with van der Waals surface area (Å²) >= 11 is 1.81. The first-order chi connectivity index (χ1) is 10.7. The lowest BCUT2D eigenvalue weighted by Gasteiger charge is -2.31. The molecule has 0 N–H and O–H groups in total. The summed E-state index contributed by atoms with van der Waals surface area (Å²) in [5.41, 5.74) is 2.49. The Morgan fingerprint density at radius 1 is 1.23 bits per heavy atom. The molecule has 3 nitrogen and oxygen atoms in total. The average molecular weight is 315 g/mol. The highest BCUT2D eigenvalue weighted by Gasteiger charge is 2.25. The van der Waals surface area contributed by atoms with Crippen LogP contribution < -0.4 is 0 Å². The fraction of sp³-hybridized carbons (Fsp3) is 0.389. The van der Waals surface area contributed by atoms with E-state index in [4.69, 9.17) is 4.74 Å². The van der Waals surface area contributed by atoms with Crippen molar-refractivity contribution >= 4 is 17.4 Å². The van der Waals surface area contributed by atoms with Crippen LogP contribution >= 0.6 is 11.3 Å². The van der Waals surface area contributed by atoms with Gasteiger partial charge >= 0.3 is 6.09 Å². The number of hydrogen-bond donors (Lipinski definition) is 0. The Bertz CT molecular complexity index is 615. The van der Waals surface area contributed by atoms with Crippen LogP contribution in [0.2, 0.25) is 0 Å². The zero-order valence-corrected chi connectivity index (χ0v) is 13.6. The fourth-order valence-electron chi connectivity index (χ4n) is 3.00. The molecule has 1 fully saturated rings. The van der Waals surface area contributed by atoms with Crippen molar-refractivity contribution < 1.29 is 9.53 Å². The van der Waals surface area contributed by atoms with Gasteiger partial charge < -0.3 is 9.64 Å². The zero-order valence-electron chi connectivity index (χ0n) is 12.8. The van der Waals surface area contributed by atoms with Gasteiger partial charge in [0.1, 0.15) is 6.61 Å². The first kappa shape index (κ1) is 15.1. The molecule has 0 spiro atoms. The van der Waals surface area contributed by atoms with Crippen molar-refractivity contribution in [1.29, 1.82) is 0 Å². The Kier molecular flexibility index (Phi) is 4.78. The van der Waals surface area contributed by atoms with Crippen molar-refractivity contribution in [3.05, 3.63) is 57.8 Å². The molecule has 0 saturated carbocycles. The average Bonchev–Trinajstić information content (AvgIpc) is 3.00. The third-order valence-electron chi connectivity index (χ3n) is 4.30. The van der Waals surface area contributed by atoms with Crippen molar-refractivity contribution in [2.24, 2.45) is 0 Å². The third kappa shape index (κ3) is 3.50. The number of amides is 1. The highest BCUT2D eigenvalue weighted by Crippen LogP contribution is 2.32. The van der Waals surface area contributed by atoms with E-state index in [0.29, 0.717) is 12.5 Å². The Morgan fingerprint density at radius 2 is 1.95 bits per heavy atom. The van der Waals surface area contributed by atoms with Gasteiger partial charge in [-0.05, 0) is 48.3 Å². The zero-order chi connectivity index (χ0) is 15.4. The number of piperidine rings is 1. The van der Waals surface area contributed by atoms with Gasteiger partial charge in [-0.1, -0.05) is 30.3 Å². The standard InChI is InChI=1S/C18H21NO2S/c1-14-17(9-12-22-14)16-7-10-19(11-8-16)18(20)21-13-15-5-3-2-4-6-15/h2-6,9,12,16H,7-8,10-11,13H2,1H3. The summed E-state index contributed by atoms with van der Waals surface area (Å²) in [6.45, 7) is 4.10. The summed E-state index contributed by atoms with van der Waals surface area (Å²) in [7, 11) is 0. The van der Waals surface area contributed by atoms with Crippen molar-refractivity contribution in [2.45, 2.75) is 32.3 Å². The molecule has 0 radical (unpaired) electrons. The lowest BCUT2D eigenvalue weighted by molar-refractivity contribution is 0.0870. The Balaban J connectivity index is 1.49. The van der Waals surface area contributed by atoms with Crippen LogP contribution in [0.5, 0.6) is 0 Å². The number of ether oxygens (including phenoxy) is 1. The molecule has 1 amide bonds. The first-order valence-corrected chi connectivity index (χ1v) is 8.61. The molecule has 3 rings (SSSR count). The van der Waals surface area contributed by atoms with Crippen LogP contribution in [0, 0.1) is 6.92 Å². The normalized spacial score (nSPS) is 15.8. The number of hydrogen-bond acceptors (Lipinski definition) is 3. The second-order valence-electron chi connectivity index (χ2n) is 5.73. The van der Waals surface area contributed by atoms with E-state index in [9.17, 15) is 4.79 Å². The van der Waals surface area contributed by atoms with E-state index in [1.165, 1.54) is 10.4 Å². The predicted molar refractivity (Wildman–Crippen MR) is 89.2 cm³/mol. The van der Waals surface area contributed by atoms with Crippen LogP contribution in [0.25, 0.3) is 0 Å². The van der Waals surface area contributed by atoms with Crippen molar-refractivity contribution in [1.82, 2.24) is 4.90 Å². The number of aryl methyl sites for hydroxylation is 1. The molecule has 1 saturated heterocycles. The number of nitrogens with zero attached hydrogens (tertiary/aromatic N) is 1. The SMILES string of the molecule is Cc1sccc1C1CCN(C(=O)OCc2ccccc2)CC1. The lowest BCUT2D eigenvalue weighted by Crippen LogP contribution is -2.38. The highest BCUT2D eigenvalue weighted by molar-refractivity contribution is 7.10. The van der Waals surface area contributed by atoms with Crippen LogP contribution in [-0.4, -0.2) is 24.1 Å². The fourth-order valence-corrected chi connectivity index (χ4v) is 3.79. The van der Waals surface area contributed by atoms with E-state index >= 15 is 0 Å². The van der Waals surface area contributed by atoms with Gasteiger partial charge in [0.15, 0.2) is 0 Å². The van der Waals surface area contributed by atoms with E-state index in [0.717, 1.165) is 31.5 Å². The van der Waals surface area contributed by atoms with Crippen molar-refractivity contribution in [2.75, 3.05) is 13.1 Å². The summed E-state index contributed by atoms with van der Waals surface area (Å²) in [6.07, 6.45) is 1.86. The quantitative estimate of drug-likeness (QED) is 0.830. The third-order valence-corrected chi connectivity index (χ3v) is 5.16. The smallest absolute Gasteiger partial charge is 0.410 e. The number of carbonyl (C=O) groups is 1. The Hall–Kier alpha value is -1.81. The molecule has 22 heavy (non-hydrogen) atoms. The molecule has 1 aromatic carbocycles. The van der Waals surface area contributed by atoms with E-state index in [-0.39, 0.29) is 6.09 Å². The van der Waals surface area contributed by atoms with Gasteiger partial charge in [0, 0.05) is 18.0 Å². The summed E-state index contributed by atoms with van der Waals surface area (Å²) < 4.78 is 5.41. The topological polar surface area (TPSA) is 29.5 Å². The Labute approximate surface area is 135 Å². The molecular weight excluding hydrogens is 294 g/mol. The number of rotatable bonds is 3. The largest absolute Gasteiger partial charge is 0.445 e. The highest BCUT2D eigenvalue weighted by atomic mass is 32.1. The first-order valence-electron chi connectivity index (χ1n) is 7.73. The summed E-state index contributed by atoms with van der Waals surface area (Å²) in [5, 5.41) is 2.16. The van der Waals surface area contributed by atoms with Crippen LogP contribution in [-0.2, 0) is 11.3 Å². The summed E-state index contributed by atoms with van der Waals surface area (Å²) in [6, 6.07) is 12.0. The molecule has 0 atom stereocenters. The van der Waals surface area contributed by atoms with Crippen LogP contribution in [0.1, 0.15) is 34.8 Å². The lowest BCUT2D eigenvalue weighted by atomic mass is 9.90. The molecule has 116 valence electrons. The van der Waals surface area contributed by atoms with E-state index in [1.54, 1.807) is 11.3 Å². The van der Waals surface area contributed by atoms with Crippen molar-refractivity contribution in [3.63, 3.8) is 0 Å². The molecule has 1 aliphatic rings. The van der Waals surface area contributed by atoms with E-state index in [1.807, 2.05) is 35.2 Å². The minimum atomic E-state index is -0.190. The van der Waals surface area contributed by atoms with Crippen LogP contribution in [0.3, 0.4) is 0 Å². The molecular formula is C18H21NO2S. The van der Waals surface area contributed by atoms with Gasteiger partial charge in [-0.3, -0.25) is 0 Å². The molecule has 0 aliphatic carbocycles. The predicted octanol–water partition coefficient (Wildman–Crippen LogP) is 4.57. The summed E-state index contributed by atoms with van der Waals surface area (Å²) in [4.78, 5) is 15.4. The molecule has 4 heteroatoms. The second-order valence-corrected chi connectivity index (χ2v) is 6.85. The maximum Gasteiger partial charge on any atom is 0.410 e. The van der Waals surface area contributed by atoms with E-state index < -0.39 is 0 Å². The number of likely N-dealkylation sites (tertiary alicyclic amines) is 1. The summed E-state index contributed by atoms with van der Waals surface area (Å²) in [5.74, 6) is 0.587. The van der Waals surface area contributed by atoms with Gasteiger partial charge in [0.05, 0.1) is 0 Å². The van der Waals surface area contributed by atoms with Gasteiger partial charge in [0.2, 0.25) is 0 Å². The number of thiophene rings is 1. The van der Waals surface area contributed by atoms with E-state index in [2.05, 4.69) is 18.4 Å². The van der Waals surface area contributed by atoms with Crippen LogP contribution in [0.15, 0.2) is 41.8 Å². The van der Waals surface area contributed by atoms with Gasteiger partial charge in [-0.25, -0.2) is 4.79 Å². The Morgan fingerprint density at radius 3 is 2.59 bits per heavy atom. The molecule has 2 heterocycles.